The summed E-state index contributed by atoms with van der Waals surface area (Å²) in [6.45, 7) is 2.04. The van der Waals surface area contributed by atoms with E-state index in [4.69, 9.17) is 4.74 Å². The lowest BCUT2D eigenvalue weighted by Gasteiger charge is -2.20. The van der Waals surface area contributed by atoms with E-state index in [1.54, 1.807) is 7.11 Å². The summed E-state index contributed by atoms with van der Waals surface area (Å²) < 4.78 is 7.53. The van der Waals surface area contributed by atoms with Crippen LogP contribution < -0.4 is 4.74 Å². The molecule has 3 nitrogen and oxygen atoms in total. The van der Waals surface area contributed by atoms with E-state index < -0.39 is 0 Å². The Kier molecular flexibility index (Phi) is 3.11. The van der Waals surface area contributed by atoms with Crippen LogP contribution in [0.3, 0.4) is 0 Å². The molecule has 0 aromatic heterocycles. The zero-order valence-electron chi connectivity index (χ0n) is 11.9. The SMILES string of the molecule is COc1ccc(-c2ccc3c(c2)SN2CCCN=C32)cc1. The third-order valence-corrected chi connectivity index (χ3v) is 4.98. The maximum atomic E-state index is 5.22. The molecule has 0 fully saturated rings. The second-order valence-electron chi connectivity index (χ2n) is 5.19. The van der Waals surface area contributed by atoms with Gasteiger partial charge in [-0.3, -0.25) is 9.30 Å². The Labute approximate surface area is 128 Å². The van der Waals surface area contributed by atoms with Crippen molar-refractivity contribution < 1.29 is 4.74 Å². The zero-order chi connectivity index (χ0) is 14.2. The highest BCUT2D eigenvalue weighted by atomic mass is 32.2. The van der Waals surface area contributed by atoms with Gasteiger partial charge in [-0.05, 0) is 53.8 Å². The minimum Gasteiger partial charge on any atom is -0.497 e. The van der Waals surface area contributed by atoms with E-state index in [2.05, 4.69) is 39.6 Å². The molecule has 0 spiro atoms. The molecular weight excluding hydrogens is 280 g/mol. The standard InChI is InChI=1S/C17H16N2OS/c1-20-14-6-3-12(4-7-14)13-5-8-15-16(11-13)21-19-10-2-9-18-17(15)19/h3-8,11H,2,9-10H2,1H3. The molecule has 2 aromatic carbocycles. The van der Waals surface area contributed by atoms with E-state index in [0.717, 1.165) is 31.1 Å². The van der Waals surface area contributed by atoms with Crippen molar-refractivity contribution in [2.24, 2.45) is 4.99 Å². The van der Waals surface area contributed by atoms with Crippen LogP contribution in [0.2, 0.25) is 0 Å². The number of methoxy groups -OCH3 is 1. The van der Waals surface area contributed by atoms with E-state index in [-0.39, 0.29) is 0 Å². The van der Waals surface area contributed by atoms with Crippen LogP contribution in [-0.2, 0) is 0 Å². The van der Waals surface area contributed by atoms with Crippen LogP contribution in [0.15, 0.2) is 52.4 Å². The second kappa shape index (κ2) is 5.11. The number of rotatable bonds is 2. The molecule has 2 aliphatic rings. The third-order valence-electron chi connectivity index (χ3n) is 3.87. The Morgan fingerprint density at radius 1 is 1.10 bits per heavy atom. The number of fused-ring (bicyclic) bond motifs is 3. The highest BCUT2D eigenvalue weighted by Gasteiger charge is 2.28. The molecule has 21 heavy (non-hydrogen) atoms. The van der Waals surface area contributed by atoms with Crippen LogP contribution in [0.25, 0.3) is 11.1 Å². The van der Waals surface area contributed by atoms with Gasteiger partial charge in [0.05, 0.1) is 7.11 Å². The number of hydrogen-bond acceptors (Lipinski definition) is 4. The van der Waals surface area contributed by atoms with E-state index in [1.165, 1.54) is 21.6 Å². The van der Waals surface area contributed by atoms with E-state index in [1.807, 2.05) is 24.1 Å². The molecule has 2 heterocycles. The minimum absolute atomic E-state index is 0.890. The van der Waals surface area contributed by atoms with Gasteiger partial charge >= 0.3 is 0 Å². The van der Waals surface area contributed by atoms with Crippen LogP contribution in [0.4, 0.5) is 0 Å². The summed E-state index contributed by atoms with van der Waals surface area (Å²) >= 11 is 1.81. The van der Waals surface area contributed by atoms with Crippen molar-refractivity contribution in [1.29, 1.82) is 0 Å². The number of ether oxygens (including phenoxy) is 1. The number of hydrogen-bond donors (Lipinski definition) is 0. The average molecular weight is 296 g/mol. The number of aliphatic imine (C=N–C) groups is 1. The fraction of sp³-hybridized carbons (Fsp3) is 0.235. The summed E-state index contributed by atoms with van der Waals surface area (Å²) in [5.74, 6) is 2.04. The molecule has 0 aliphatic carbocycles. The quantitative estimate of drug-likeness (QED) is 0.787. The molecule has 0 radical (unpaired) electrons. The number of benzene rings is 2. The normalized spacial score (nSPS) is 16.2. The lowest BCUT2D eigenvalue weighted by Crippen LogP contribution is -2.26. The summed E-state index contributed by atoms with van der Waals surface area (Å²) in [7, 11) is 1.69. The van der Waals surface area contributed by atoms with Crippen LogP contribution in [0.5, 0.6) is 5.75 Å². The summed E-state index contributed by atoms with van der Waals surface area (Å²) in [6.07, 6.45) is 1.15. The van der Waals surface area contributed by atoms with Gasteiger partial charge in [-0.25, -0.2) is 0 Å². The Morgan fingerprint density at radius 3 is 2.71 bits per heavy atom. The summed E-state index contributed by atoms with van der Waals surface area (Å²) in [6, 6.07) is 14.9. The van der Waals surface area contributed by atoms with Crippen molar-refractivity contribution in [1.82, 2.24) is 4.31 Å². The van der Waals surface area contributed by atoms with Crippen molar-refractivity contribution >= 4 is 17.8 Å². The Balaban J connectivity index is 1.71. The predicted octanol–water partition coefficient (Wildman–Crippen LogP) is 3.84. The van der Waals surface area contributed by atoms with Crippen LogP contribution in [0.1, 0.15) is 12.0 Å². The largest absolute Gasteiger partial charge is 0.497 e. The maximum Gasteiger partial charge on any atom is 0.142 e. The van der Waals surface area contributed by atoms with E-state index in [0.29, 0.717) is 0 Å². The molecule has 0 bridgehead atoms. The molecule has 0 atom stereocenters. The minimum atomic E-state index is 0.890. The van der Waals surface area contributed by atoms with Gasteiger partial charge in [0.2, 0.25) is 0 Å². The number of amidine groups is 1. The summed E-state index contributed by atoms with van der Waals surface area (Å²) in [5, 5.41) is 0. The van der Waals surface area contributed by atoms with Gasteiger partial charge in [0, 0.05) is 23.5 Å². The molecule has 0 saturated heterocycles. The molecule has 2 aromatic rings. The van der Waals surface area contributed by atoms with E-state index >= 15 is 0 Å². The smallest absolute Gasteiger partial charge is 0.142 e. The molecule has 2 aliphatic heterocycles. The summed E-state index contributed by atoms with van der Waals surface area (Å²) in [4.78, 5) is 5.97. The van der Waals surface area contributed by atoms with Crippen molar-refractivity contribution in [3.63, 3.8) is 0 Å². The van der Waals surface area contributed by atoms with Gasteiger partial charge < -0.3 is 4.74 Å². The van der Waals surface area contributed by atoms with Crippen molar-refractivity contribution in [2.45, 2.75) is 11.3 Å². The molecule has 0 unspecified atom stereocenters. The highest BCUT2D eigenvalue weighted by Crippen LogP contribution is 2.39. The van der Waals surface area contributed by atoms with Crippen LogP contribution >= 0.6 is 11.9 Å². The van der Waals surface area contributed by atoms with Gasteiger partial charge in [0.15, 0.2) is 0 Å². The van der Waals surface area contributed by atoms with Crippen molar-refractivity contribution in [3.8, 4) is 16.9 Å². The molecule has 0 amide bonds. The Hall–Kier alpha value is -1.94. The van der Waals surface area contributed by atoms with Gasteiger partial charge in [-0.1, -0.05) is 18.2 Å². The van der Waals surface area contributed by atoms with Gasteiger partial charge in [0.1, 0.15) is 11.6 Å². The molecule has 0 saturated carbocycles. The van der Waals surface area contributed by atoms with Gasteiger partial charge in [0.25, 0.3) is 0 Å². The highest BCUT2D eigenvalue weighted by molar-refractivity contribution is 7.98. The van der Waals surface area contributed by atoms with Crippen LogP contribution in [-0.4, -0.2) is 30.3 Å². The third kappa shape index (κ3) is 2.20. The second-order valence-corrected chi connectivity index (χ2v) is 6.25. The first-order valence-electron chi connectivity index (χ1n) is 7.14. The van der Waals surface area contributed by atoms with Crippen molar-refractivity contribution in [2.75, 3.05) is 20.2 Å². The predicted molar refractivity (Wildman–Crippen MR) is 87.0 cm³/mol. The fourth-order valence-corrected chi connectivity index (χ4v) is 3.89. The molecule has 0 N–H and O–H groups in total. The first-order chi connectivity index (χ1) is 10.3. The molecule has 4 heteroatoms. The molecule has 4 rings (SSSR count). The topological polar surface area (TPSA) is 24.8 Å². The lowest BCUT2D eigenvalue weighted by atomic mass is 10.0. The Morgan fingerprint density at radius 2 is 1.90 bits per heavy atom. The maximum absolute atomic E-state index is 5.22. The van der Waals surface area contributed by atoms with E-state index in [9.17, 15) is 0 Å². The zero-order valence-corrected chi connectivity index (χ0v) is 12.7. The monoisotopic (exact) mass is 296 g/mol. The summed E-state index contributed by atoms with van der Waals surface area (Å²) in [5.41, 5.74) is 3.73. The first-order valence-corrected chi connectivity index (χ1v) is 7.91. The van der Waals surface area contributed by atoms with Crippen molar-refractivity contribution in [3.05, 3.63) is 48.0 Å². The van der Waals surface area contributed by atoms with Gasteiger partial charge in [-0.2, -0.15) is 0 Å². The fourth-order valence-electron chi connectivity index (χ4n) is 2.76. The Bertz CT molecular complexity index is 709. The average Bonchev–Trinajstić information content (AvgIpc) is 2.92. The molecule has 106 valence electrons. The van der Waals surface area contributed by atoms with Crippen LogP contribution in [0, 0.1) is 0 Å². The first kappa shape index (κ1) is 12.8. The number of nitrogens with zero attached hydrogens (tertiary/aromatic N) is 2. The lowest BCUT2D eigenvalue weighted by molar-refractivity contribution is 0.415. The molecular formula is C17H16N2OS. The van der Waals surface area contributed by atoms with Gasteiger partial charge in [-0.15, -0.1) is 0 Å².